The molecule has 5 heteroatoms. The number of alkyl halides is 3. The Labute approximate surface area is 87.2 Å². The van der Waals surface area contributed by atoms with E-state index in [0.717, 1.165) is 19.5 Å². The highest BCUT2D eigenvalue weighted by atomic mass is 19.4. The topological polar surface area (TPSA) is 29.1 Å². The van der Waals surface area contributed by atoms with Gasteiger partial charge in [-0.1, -0.05) is 0 Å². The molecule has 1 atom stereocenters. The van der Waals surface area contributed by atoms with Gasteiger partial charge >= 0.3 is 6.18 Å². The third-order valence-electron chi connectivity index (χ3n) is 2.59. The lowest BCUT2D eigenvalue weighted by Crippen LogP contribution is -2.13. The average Bonchev–Trinajstić information content (AvgIpc) is 2.54. The summed E-state index contributed by atoms with van der Waals surface area (Å²) in [7, 11) is 0. The zero-order chi connectivity index (χ0) is 11.3. The smallest absolute Gasteiger partial charge is 0.316 e. The number of rotatable bonds is 5. The number of nitrogens with one attached hydrogen (secondary N) is 1. The fourth-order valence-electron chi connectivity index (χ4n) is 1.80. The highest BCUT2D eigenvalue weighted by Gasteiger charge is 2.27. The Balaban J connectivity index is 2.08. The van der Waals surface area contributed by atoms with Crippen LogP contribution in [-0.4, -0.2) is 25.0 Å². The first-order valence-corrected chi connectivity index (χ1v) is 5.26. The fraction of sp³-hybridized carbons (Fsp3) is 0.900. The second kappa shape index (κ2) is 5.49. The third kappa shape index (κ3) is 5.77. The van der Waals surface area contributed by atoms with Gasteiger partial charge < -0.3 is 5.32 Å². The molecule has 1 saturated heterocycles. The van der Waals surface area contributed by atoms with Crippen LogP contribution in [0.4, 0.5) is 13.2 Å². The molecule has 1 N–H and O–H groups in total. The van der Waals surface area contributed by atoms with Gasteiger partial charge in [0.05, 0.1) is 0 Å². The van der Waals surface area contributed by atoms with Gasteiger partial charge in [0, 0.05) is 19.3 Å². The zero-order valence-corrected chi connectivity index (χ0v) is 8.57. The van der Waals surface area contributed by atoms with Crippen molar-refractivity contribution in [3.05, 3.63) is 0 Å². The molecule has 1 rings (SSSR count). The van der Waals surface area contributed by atoms with Crippen LogP contribution < -0.4 is 5.32 Å². The minimum absolute atomic E-state index is 0.0343. The highest BCUT2D eigenvalue weighted by Crippen LogP contribution is 2.23. The van der Waals surface area contributed by atoms with Crippen molar-refractivity contribution in [1.29, 1.82) is 0 Å². The van der Waals surface area contributed by atoms with E-state index in [1.807, 2.05) is 0 Å². The molecule has 0 radical (unpaired) electrons. The Bertz CT molecular complexity index is 209. The van der Waals surface area contributed by atoms with Crippen molar-refractivity contribution in [2.45, 2.75) is 38.3 Å². The minimum atomic E-state index is -4.13. The van der Waals surface area contributed by atoms with E-state index in [1.54, 1.807) is 0 Å². The number of halogens is 3. The maximum Gasteiger partial charge on any atom is 0.389 e. The van der Waals surface area contributed by atoms with E-state index < -0.39 is 12.6 Å². The molecule has 0 aromatic heterocycles. The van der Waals surface area contributed by atoms with Crippen molar-refractivity contribution in [2.75, 3.05) is 13.1 Å². The lowest BCUT2D eigenvalue weighted by Gasteiger charge is -2.08. The van der Waals surface area contributed by atoms with Gasteiger partial charge in [-0.3, -0.25) is 4.79 Å². The zero-order valence-electron chi connectivity index (χ0n) is 8.57. The van der Waals surface area contributed by atoms with Crippen molar-refractivity contribution in [3.8, 4) is 0 Å². The van der Waals surface area contributed by atoms with Crippen LogP contribution >= 0.6 is 0 Å². The molecule has 0 bridgehead atoms. The number of carbonyl (C=O) groups is 1. The van der Waals surface area contributed by atoms with Crippen LogP contribution in [0.2, 0.25) is 0 Å². The standard InChI is InChI=1S/C10H16F3NO/c11-10(12,13)4-1-2-9(15)6-8-3-5-14-7-8/h8,14H,1-7H2. The van der Waals surface area contributed by atoms with Gasteiger partial charge in [-0.05, 0) is 31.8 Å². The molecule has 88 valence electrons. The maximum atomic E-state index is 11.8. The van der Waals surface area contributed by atoms with Gasteiger partial charge in [0.2, 0.25) is 0 Å². The van der Waals surface area contributed by atoms with Crippen LogP contribution in [0.1, 0.15) is 32.1 Å². The molecule has 0 amide bonds. The van der Waals surface area contributed by atoms with Crippen molar-refractivity contribution in [1.82, 2.24) is 5.32 Å². The molecule has 1 aliphatic rings. The second-order valence-electron chi connectivity index (χ2n) is 4.07. The Morgan fingerprint density at radius 3 is 2.67 bits per heavy atom. The summed E-state index contributed by atoms with van der Waals surface area (Å²) in [6.07, 6.45) is -3.58. The summed E-state index contributed by atoms with van der Waals surface area (Å²) in [5.41, 5.74) is 0. The number of carbonyl (C=O) groups excluding carboxylic acids is 1. The largest absolute Gasteiger partial charge is 0.389 e. The van der Waals surface area contributed by atoms with Crippen LogP contribution in [-0.2, 0) is 4.79 Å². The summed E-state index contributed by atoms with van der Waals surface area (Å²) in [4.78, 5) is 11.3. The van der Waals surface area contributed by atoms with Crippen molar-refractivity contribution >= 4 is 5.78 Å². The Kier molecular flexibility index (Phi) is 4.57. The van der Waals surface area contributed by atoms with E-state index >= 15 is 0 Å². The summed E-state index contributed by atoms with van der Waals surface area (Å²) in [5, 5.41) is 3.13. The fourth-order valence-corrected chi connectivity index (χ4v) is 1.80. The molecule has 1 unspecified atom stereocenters. The first-order chi connectivity index (χ1) is 6.97. The van der Waals surface area contributed by atoms with E-state index in [-0.39, 0.29) is 18.6 Å². The van der Waals surface area contributed by atoms with Crippen LogP contribution in [0.25, 0.3) is 0 Å². The van der Waals surface area contributed by atoms with E-state index in [2.05, 4.69) is 5.32 Å². The molecule has 0 aromatic carbocycles. The summed E-state index contributed by atoms with van der Waals surface area (Å²) >= 11 is 0. The molecular formula is C10H16F3NO. The Hall–Kier alpha value is -0.580. The Morgan fingerprint density at radius 2 is 2.13 bits per heavy atom. The van der Waals surface area contributed by atoms with Crippen LogP contribution in [0, 0.1) is 5.92 Å². The van der Waals surface area contributed by atoms with Gasteiger partial charge in [0.15, 0.2) is 0 Å². The van der Waals surface area contributed by atoms with E-state index in [0.29, 0.717) is 12.3 Å². The van der Waals surface area contributed by atoms with Crippen molar-refractivity contribution in [2.24, 2.45) is 5.92 Å². The highest BCUT2D eigenvalue weighted by molar-refractivity contribution is 5.78. The van der Waals surface area contributed by atoms with Gasteiger partial charge in [-0.25, -0.2) is 0 Å². The van der Waals surface area contributed by atoms with E-state index in [1.165, 1.54) is 0 Å². The van der Waals surface area contributed by atoms with E-state index in [4.69, 9.17) is 0 Å². The summed E-state index contributed by atoms with van der Waals surface area (Å²) in [6, 6.07) is 0. The molecule has 1 aliphatic heterocycles. The second-order valence-corrected chi connectivity index (χ2v) is 4.07. The average molecular weight is 223 g/mol. The van der Waals surface area contributed by atoms with Gasteiger partial charge in [0.25, 0.3) is 0 Å². The van der Waals surface area contributed by atoms with Crippen molar-refractivity contribution in [3.63, 3.8) is 0 Å². The lowest BCUT2D eigenvalue weighted by atomic mass is 9.99. The first kappa shape index (κ1) is 12.5. The number of hydrogen-bond donors (Lipinski definition) is 1. The van der Waals surface area contributed by atoms with Crippen LogP contribution in [0.5, 0.6) is 0 Å². The molecular weight excluding hydrogens is 207 g/mol. The molecule has 0 aliphatic carbocycles. The quantitative estimate of drug-likeness (QED) is 0.774. The monoisotopic (exact) mass is 223 g/mol. The van der Waals surface area contributed by atoms with E-state index in [9.17, 15) is 18.0 Å². The van der Waals surface area contributed by atoms with Crippen molar-refractivity contribution < 1.29 is 18.0 Å². The SMILES string of the molecule is O=C(CCCC(F)(F)F)CC1CCNC1. The lowest BCUT2D eigenvalue weighted by molar-refractivity contribution is -0.137. The summed E-state index contributed by atoms with van der Waals surface area (Å²) < 4.78 is 35.4. The maximum absolute atomic E-state index is 11.8. The predicted octanol–water partition coefficient (Wildman–Crippen LogP) is 2.29. The number of hydrogen-bond acceptors (Lipinski definition) is 2. The first-order valence-electron chi connectivity index (χ1n) is 5.26. The molecule has 1 heterocycles. The predicted molar refractivity (Wildman–Crippen MR) is 50.5 cm³/mol. The number of Topliss-reactive ketones (excluding diaryl/α,β-unsaturated/α-hetero) is 1. The summed E-state index contributed by atoms with van der Waals surface area (Å²) in [6.45, 7) is 1.74. The number of ketones is 1. The van der Waals surface area contributed by atoms with Gasteiger partial charge in [0.1, 0.15) is 5.78 Å². The third-order valence-corrected chi connectivity index (χ3v) is 2.59. The van der Waals surface area contributed by atoms with Crippen LogP contribution in [0.15, 0.2) is 0 Å². The molecule has 0 spiro atoms. The molecule has 0 saturated carbocycles. The normalized spacial score (nSPS) is 21.9. The van der Waals surface area contributed by atoms with Gasteiger partial charge in [-0.15, -0.1) is 0 Å². The molecule has 1 fully saturated rings. The van der Waals surface area contributed by atoms with Gasteiger partial charge in [-0.2, -0.15) is 13.2 Å². The molecule has 0 aromatic rings. The molecule has 2 nitrogen and oxygen atoms in total. The Morgan fingerprint density at radius 1 is 1.40 bits per heavy atom. The molecule has 15 heavy (non-hydrogen) atoms. The minimum Gasteiger partial charge on any atom is -0.316 e. The summed E-state index contributed by atoms with van der Waals surface area (Å²) in [5.74, 6) is 0.302. The van der Waals surface area contributed by atoms with Crippen LogP contribution in [0.3, 0.4) is 0 Å².